The molecule has 0 saturated heterocycles. The lowest BCUT2D eigenvalue weighted by Crippen LogP contribution is -2.29. The second-order valence-corrected chi connectivity index (χ2v) is 7.26. The van der Waals surface area contributed by atoms with E-state index in [1.807, 2.05) is 44.2 Å². The summed E-state index contributed by atoms with van der Waals surface area (Å²) in [5.74, 6) is 1.16. The highest BCUT2D eigenvalue weighted by Gasteiger charge is 2.16. The third-order valence-corrected chi connectivity index (χ3v) is 5.07. The Labute approximate surface area is 168 Å². The Morgan fingerprint density at radius 3 is 2.93 bits per heavy atom. The lowest BCUT2D eigenvalue weighted by molar-refractivity contribution is 0.0949. The standard InChI is InChI=1S/C23H24N2O4/c1-3-9-29-21-14(2)4-6-17-12-18(23(27)25-20(17)21)22(26)24-13-15-5-7-19-16(11-15)8-10-28-19/h4-7,11-12H,3,8-10,13H2,1-2H3,(H,24,26)(H,25,27). The van der Waals surface area contributed by atoms with Gasteiger partial charge in [0, 0.05) is 18.4 Å². The number of benzene rings is 2. The van der Waals surface area contributed by atoms with E-state index in [0.717, 1.165) is 40.7 Å². The molecule has 2 N–H and O–H groups in total. The molecular formula is C23H24N2O4. The summed E-state index contributed by atoms with van der Waals surface area (Å²) >= 11 is 0. The average molecular weight is 392 g/mol. The first-order valence-corrected chi connectivity index (χ1v) is 9.89. The number of carbonyl (C=O) groups is 1. The Morgan fingerprint density at radius 1 is 1.24 bits per heavy atom. The number of H-pyrrole nitrogens is 1. The van der Waals surface area contributed by atoms with Crippen LogP contribution in [0.2, 0.25) is 0 Å². The Hall–Kier alpha value is -3.28. The number of carbonyl (C=O) groups excluding carboxylic acids is 1. The van der Waals surface area contributed by atoms with E-state index in [4.69, 9.17) is 9.47 Å². The predicted octanol–water partition coefficient (Wildman–Crippen LogP) is 3.49. The number of aryl methyl sites for hydroxylation is 1. The highest BCUT2D eigenvalue weighted by molar-refractivity contribution is 5.98. The molecule has 29 heavy (non-hydrogen) atoms. The van der Waals surface area contributed by atoms with Crippen LogP contribution in [0, 0.1) is 6.92 Å². The molecule has 0 aliphatic carbocycles. The number of nitrogens with one attached hydrogen (secondary N) is 2. The van der Waals surface area contributed by atoms with Gasteiger partial charge in [-0.1, -0.05) is 31.2 Å². The fraction of sp³-hybridized carbons (Fsp3) is 0.304. The zero-order valence-electron chi connectivity index (χ0n) is 16.6. The van der Waals surface area contributed by atoms with Crippen molar-refractivity contribution in [2.45, 2.75) is 33.2 Å². The van der Waals surface area contributed by atoms with Crippen molar-refractivity contribution in [1.29, 1.82) is 0 Å². The first kappa shape index (κ1) is 19.1. The van der Waals surface area contributed by atoms with Crippen molar-refractivity contribution in [1.82, 2.24) is 10.3 Å². The van der Waals surface area contributed by atoms with Crippen LogP contribution in [0.25, 0.3) is 10.9 Å². The van der Waals surface area contributed by atoms with E-state index in [0.29, 0.717) is 31.0 Å². The van der Waals surface area contributed by atoms with Crippen LogP contribution in [-0.4, -0.2) is 24.1 Å². The fourth-order valence-electron chi connectivity index (χ4n) is 3.54. The maximum atomic E-state index is 12.7. The molecular weight excluding hydrogens is 368 g/mol. The third kappa shape index (κ3) is 3.83. The van der Waals surface area contributed by atoms with Gasteiger partial charge in [0.05, 0.1) is 18.7 Å². The average Bonchev–Trinajstić information content (AvgIpc) is 3.19. The molecule has 1 aromatic heterocycles. The first-order chi connectivity index (χ1) is 14.1. The molecule has 1 aliphatic heterocycles. The summed E-state index contributed by atoms with van der Waals surface area (Å²) in [7, 11) is 0. The van der Waals surface area contributed by atoms with Crippen LogP contribution in [0.3, 0.4) is 0 Å². The van der Waals surface area contributed by atoms with Gasteiger partial charge in [0.2, 0.25) is 0 Å². The third-order valence-electron chi connectivity index (χ3n) is 5.07. The highest BCUT2D eigenvalue weighted by Crippen LogP contribution is 2.28. The van der Waals surface area contributed by atoms with Crippen molar-refractivity contribution >= 4 is 16.8 Å². The van der Waals surface area contributed by atoms with Gasteiger partial charge < -0.3 is 19.8 Å². The van der Waals surface area contributed by atoms with Crippen LogP contribution in [0.1, 0.15) is 40.4 Å². The Balaban J connectivity index is 1.57. The minimum Gasteiger partial charge on any atom is -0.493 e. The zero-order valence-corrected chi connectivity index (χ0v) is 16.6. The molecule has 0 fully saturated rings. The topological polar surface area (TPSA) is 80.4 Å². The molecule has 2 heterocycles. The van der Waals surface area contributed by atoms with Crippen molar-refractivity contribution in [3.05, 3.63) is 69.0 Å². The summed E-state index contributed by atoms with van der Waals surface area (Å²) in [5, 5.41) is 3.61. The number of aromatic amines is 1. The summed E-state index contributed by atoms with van der Waals surface area (Å²) in [6.45, 7) is 5.57. The highest BCUT2D eigenvalue weighted by atomic mass is 16.5. The Kier molecular flexibility index (Phi) is 5.25. The SMILES string of the molecule is CCCOc1c(C)ccc2cc(C(=O)NCc3ccc4c(c3)CCO4)c(=O)[nH]c12. The second-order valence-electron chi connectivity index (χ2n) is 7.26. The lowest BCUT2D eigenvalue weighted by atomic mass is 10.1. The summed E-state index contributed by atoms with van der Waals surface area (Å²) in [6.07, 6.45) is 1.75. The van der Waals surface area contributed by atoms with Crippen LogP contribution in [0.15, 0.2) is 41.2 Å². The molecule has 0 spiro atoms. The molecule has 0 radical (unpaired) electrons. The quantitative estimate of drug-likeness (QED) is 0.673. The van der Waals surface area contributed by atoms with E-state index in [2.05, 4.69) is 10.3 Å². The summed E-state index contributed by atoms with van der Waals surface area (Å²) < 4.78 is 11.3. The van der Waals surface area contributed by atoms with E-state index in [9.17, 15) is 9.59 Å². The molecule has 4 rings (SSSR count). The summed E-state index contributed by atoms with van der Waals surface area (Å²) in [5.41, 5.74) is 3.36. The summed E-state index contributed by atoms with van der Waals surface area (Å²) in [4.78, 5) is 28.1. The molecule has 2 aromatic carbocycles. The minimum atomic E-state index is -0.427. The van der Waals surface area contributed by atoms with E-state index < -0.39 is 11.5 Å². The largest absolute Gasteiger partial charge is 0.493 e. The van der Waals surface area contributed by atoms with Crippen molar-refractivity contribution in [2.24, 2.45) is 0 Å². The van der Waals surface area contributed by atoms with Crippen molar-refractivity contribution < 1.29 is 14.3 Å². The van der Waals surface area contributed by atoms with Crippen molar-refractivity contribution in [3.63, 3.8) is 0 Å². The van der Waals surface area contributed by atoms with Crippen LogP contribution in [-0.2, 0) is 13.0 Å². The number of amides is 1. The van der Waals surface area contributed by atoms with Gasteiger partial charge in [-0.3, -0.25) is 9.59 Å². The maximum absolute atomic E-state index is 12.7. The molecule has 3 aromatic rings. The zero-order chi connectivity index (χ0) is 20.4. The van der Waals surface area contributed by atoms with Crippen molar-refractivity contribution in [2.75, 3.05) is 13.2 Å². The van der Waals surface area contributed by atoms with Crippen LogP contribution in [0.4, 0.5) is 0 Å². The molecule has 150 valence electrons. The molecule has 0 unspecified atom stereocenters. The summed E-state index contributed by atoms with van der Waals surface area (Å²) in [6, 6.07) is 11.3. The maximum Gasteiger partial charge on any atom is 0.261 e. The van der Waals surface area contributed by atoms with Gasteiger partial charge in [0.25, 0.3) is 11.5 Å². The van der Waals surface area contributed by atoms with Gasteiger partial charge >= 0.3 is 0 Å². The number of hydrogen-bond acceptors (Lipinski definition) is 4. The Bertz CT molecular complexity index is 1130. The van der Waals surface area contributed by atoms with Gasteiger partial charge in [-0.25, -0.2) is 0 Å². The fourth-order valence-corrected chi connectivity index (χ4v) is 3.54. The van der Waals surface area contributed by atoms with Crippen LogP contribution >= 0.6 is 0 Å². The molecule has 1 amide bonds. The number of aromatic nitrogens is 1. The number of rotatable bonds is 6. The molecule has 0 bridgehead atoms. The number of pyridine rings is 1. The van der Waals surface area contributed by atoms with E-state index in [1.54, 1.807) is 6.07 Å². The normalized spacial score (nSPS) is 12.5. The lowest BCUT2D eigenvalue weighted by Gasteiger charge is -2.12. The van der Waals surface area contributed by atoms with Crippen LogP contribution in [0.5, 0.6) is 11.5 Å². The van der Waals surface area contributed by atoms with E-state index >= 15 is 0 Å². The monoisotopic (exact) mass is 392 g/mol. The molecule has 1 aliphatic rings. The van der Waals surface area contributed by atoms with Gasteiger partial charge in [0.15, 0.2) is 0 Å². The predicted molar refractivity (Wildman–Crippen MR) is 112 cm³/mol. The van der Waals surface area contributed by atoms with Crippen LogP contribution < -0.4 is 20.3 Å². The van der Waals surface area contributed by atoms with Gasteiger partial charge in [-0.2, -0.15) is 0 Å². The number of ether oxygens (including phenoxy) is 2. The second kappa shape index (κ2) is 7.99. The first-order valence-electron chi connectivity index (χ1n) is 9.89. The molecule has 0 saturated carbocycles. The number of fused-ring (bicyclic) bond motifs is 2. The van der Waals surface area contributed by atoms with Crippen molar-refractivity contribution in [3.8, 4) is 11.5 Å². The minimum absolute atomic E-state index is 0.0901. The molecule has 6 nitrogen and oxygen atoms in total. The van der Waals surface area contributed by atoms with Gasteiger partial charge in [-0.15, -0.1) is 0 Å². The number of hydrogen-bond donors (Lipinski definition) is 2. The van der Waals surface area contributed by atoms with E-state index in [1.165, 1.54) is 0 Å². The van der Waals surface area contributed by atoms with Gasteiger partial charge in [-0.05, 0) is 42.2 Å². The Morgan fingerprint density at radius 2 is 2.10 bits per heavy atom. The van der Waals surface area contributed by atoms with E-state index in [-0.39, 0.29) is 5.56 Å². The molecule has 0 atom stereocenters. The smallest absolute Gasteiger partial charge is 0.261 e. The van der Waals surface area contributed by atoms with Gasteiger partial charge in [0.1, 0.15) is 17.1 Å². The molecule has 6 heteroatoms.